The Kier molecular flexibility index (Phi) is 9.05. The maximum Gasteiger partial charge on any atom is 0.326 e. The molecular weight excluding hydrogens is 598 g/mol. The van der Waals surface area contributed by atoms with Crippen LogP contribution in [0, 0.1) is 5.41 Å². The van der Waals surface area contributed by atoms with Gasteiger partial charge in [0.15, 0.2) is 5.78 Å². The Morgan fingerprint density at radius 2 is 1.71 bits per heavy atom. The van der Waals surface area contributed by atoms with E-state index >= 15 is 0 Å². The number of hydrogen-bond acceptors (Lipinski definition) is 5. The summed E-state index contributed by atoms with van der Waals surface area (Å²) in [5.41, 5.74) is 4.97. The molecule has 252 valence electrons. The van der Waals surface area contributed by atoms with Gasteiger partial charge in [-0.1, -0.05) is 73.2 Å². The van der Waals surface area contributed by atoms with Crippen LogP contribution in [0.1, 0.15) is 104 Å². The molecule has 2 fully saturated rings. The number of piperidine rings is 1. The predicted molar refractivity (Wildman–Crippen MR) is 191 cm³/mol. The van der Waals surface area contributed by atoms with Gasteiger partial charge in [0.25, 0.3) is 0 Å². The lowest BCUT2D eigenvalue weighted by Crippen LogP contribution is -2.54. The molecule has 4 aromatic rings. The molecule has 0 radical (unpaired) electrons. The number of para-hydroxylation sites is 2. The third-order valence-corrected chi connectivity index (χ3v) is 12.0. The third kappa shape index (κ3) is 6.13. The van der Waals surface area contributed by atoms with E-state index < -0.39 is 17.1 Å². The number of nitrogens with one attached hydrogen (secondary N) is 1. The molecule has 7 nitrogen and oxygen atoms in total. The van der Waals surface area contributed by atoms with Gasteiger partial charge in [0.05, 0.1) is 22.7 Å². The summed E-state index contributed by atoms with van der Waals surface area (Å²) in [6, 6.07) is 23.7. The largest absolute Gasteiger partial charge is 0.393 e. The normalized spacial score (nSPS) is 27.5. The summed E-state index contributed by atoms with van der Waals surface area (Å²) in [7, 11) is 0. The molecule has 0 spiro atoms. The zero-order valence-corrected chi connectivity index (χ0v) is 28.3. The summed E-state index contributed by atoms with van der Waals surface area (Å²) >= 11 is 0. The first-order valence-electron chi connectivity index (χ1n) is 17.9. The van der Waals surface area contributed by atoms with Crippen molar-refractivity contribution in [2.45, 2.75) is 95.3 Å². The van der Waals surface area contributed by atoms with E-state index in [9.17, 15) is 19.8 Å². The van der Waals surface area contributed by atoms with Gasteiger partial charge >= 0.3 is 5.69 Å². The van der Waals surface area contributed by atoms with Crippen molar-refractivity contribution in [2.75, 3.05) is 19.6 Å². The van der Waals surface area contributed by atoms with Crippen molar-refractivity contribution in [1.82, 2.24) is 14.5 Å². The fourth-order valence-corrected chi connectivity index (χ4v) is 9.08. The molecule has 48 heavy (non-hydrogen) atoms. The molecule has 1 saturated carbocycles. The van der Waals surface area contributed by atoms with Gasteiger partial charge in [0.2, 0.25) is 0 Å². The predicted octanol–water partition coefficient (Wildman–Crippen LogP) is 6.94. The highest BCUT2D eigenvalue weighted by Crippen LogP contribution is 2.59. The standard InChI is InChI=1S/C41H49N3O4/c1-28-9-8-21-40(2)35(33-17-15-29(25-32(45)16-14-28)26-34(33)38(46)30-10-4-3-5-11-30)18-22-41(40,48)27-43-23-19-31(20-24-43)44-37-13-7-6-12-36(37)42-39(44)47/h3-7,9-13,15,17,26,31-32,35,45,48H,8,14,16,18-25,27H2,1-2H3,(H,42,47)/t32-,35-,40-,41+/m0/s1. The second-order valence-electron chi connectivity index (χ2n) is 15.0. The van der Waals surface area contributed by atoms with Gasteiger partial charge in [-0.15, -0.1) is 0 Å². The number of nitrogens with zero attached hydrogens (tertiary/aromatic N) is 2. The van der Waals surface area contributed by atoms with Crippen molar-refractivity contribution < 1.29 is 15.0 Å². The Hall–Kier alpha value is -3.78. The van der Waals surface area contributed by atoms with Crippen LogP contribution in [0.3, 0.4) is 0 Å². The Bertz CT molecular complexity index is 1870. The Morgan fingerprint density at radius 1 is 0.958 bits per heavy atom. The molecule has 2 bridgehead atoms. The Labute approximate surface area is 283 Å². The van der Waals surface area contributed by atoms with Crippen LogP contribution in [0.5, 0.6) is 0 Å². The van der Waals surface area contributed by atoms with Crippen LogP contribution in [0.15, 0.2) is 89.2 Å². The number of benzene rings is 3. The minimum atomic E-state index is -0.942. The number of carbonyl (C=O) groups is 1. The first-order chi connectivity index (χ1) is 23.1. The second-order valence-corrected chi connectivity index (χ2v) is 15.0. The lowest BCUT2D eigenvalue weighted by molar-refractivity contribution is -0.0870. The maximum absolute atomic E-state index is 14.2. The number of allylic oxidation sites excluding steroid dienone is 2. The van der Waals surface area contributed by atoms with Crippen LogP contribution in [-0.4, -0.2) is 61.8 Å². The number of β-amino-alcohol motifs (C(OH)–C–C–N with tert-alkyl or cyclic N) is 1. The van der Waals surface area contributed by atoms with E-state index in [-0.39, 0.29) is 23.4 Å². The number of rotatable bonds is 5. The van der Waals surface area contributed by atoms with Crippen LogP contribution in [-0.2, 0) is 6.42 Å². The summed E-state index contributed by atoms with van der Waals surface area (Å²) < 4.78 is 1.93. The molecule has 7 heteroatoms. The third-order valence-electron chi connectivity index (χ3n) is 12.0. The highest BCUT2D eigenvalue weighted by molar-refractivity contribution is 6.10. The molecule has 0 unspecified atom stereocenters. The summed E-state index contributed by atoms with van der Waals surface area (Å²) in [5.74, 6) is 0.000258. The number of aromatic amines is 1. The van der Waals surface area contributed by atoms with Gasteiger partial charge in [-0.05, 0) is 100.0 Å². The van der Waals surface area contributed by atoms with Crippen LogP contribution in [0.2, 0.25) is 0 Å². The summed E-state index contributed by atoms with van der Waals surface area (Å²) in [5, 5.41) is 23.7. The fraction of sp³-hybridized carbons (Fsp3) is 0.463. The summed E-state index contributed by atoms with van der Waals surface area (Å²) in [4.78, 5) is 32.5. The number of ketones is 1. The molecular formula is C41H49N3O4. The zero-order valence-electron chi connectivity index (χ0n) is 28.3. The zero-order chi connectivity index (χ0) is 33.5. The molecule has 4 atom stereocenters. The van der Waals surface area contributed by atoms with Gasteiger partial charge in [0.1, 0.15) is 0 Å². The summed E-state index contributed by atoms with van der Waals surface area (Å²) in [6.45, 7) is 6.60. The van der Waals surface area contributed by atoms with Crippen LogP contribution in [0.25, 0.3) is 11.0 Å². The highest BCUT2D eigenvalue weighted by atomic mass is 16.3. The molecule has 2 heterocycles. The number of aliphatic hydroxyl groups is 2. The van der Waals surface area contributed by atoms with Crippen molar-refractivity contribution in [3.05, 3.63) is 117 Å². The van der Waals surface area contributed by atoms with Gasteiger partial charge < -0.3 is 20.1 Å². The van der Waals surface area contributed by atoms with E-state index in [1.54, 1.807) is 0 Å². The van der Waals surface area contributed by atoms with Crippen molar-refractivity contribution in [2.24, 2.45) is 5.41 Å². The SMILES string of the molecule is CC1=CCC[C@@]2(C)[C@@H](CC[C@@]2(O)CN2CCC(n3c(=O)[nH]c4ccccc43)CC2)c2ccc(cc2C(=O)c2ccccc2)C[C@@H](O)CC1. The topological polar surface area (TPSA) is 98.6 Å². The van der Waals surface area contributed by atoms with E-state index in [2.05, 4.69) is 41.9 Å². The maximum atomic E-state index is 14.2. The highest BCUT2D eigenvalue weighted by Gasteiger charge is 2.57. The lowest BCUT2D eigenvalue weighted by Gasteiger charge is -2.47. The van der Waals surface area contributed by atoms with Gasteiger partial charge in [-0.2, -0.15) is 0 Å². The van der Waals surface area contributed by atoms with E-state index in [1.807, 2.05) is 65.2 Å². The lowest BCUT2D eigenvalue weighted by atomic mass is 9.64. The van der Waals surface area contributed by atoms with Gasteiger partial charge in [-0.25, -0.2) is 4.79 Å². The monoisotopic (exact) mass is 647 g/mol. The van der Waals surface area contributed by atoms with Crippen LogP contribution >= 0.6 is 0 Å². The second kappa shape index (κ2) is 13.3. The minimum Gasteiger partial charge on any atom is -0.393 e. The van der Waals surface area contributed by atoms with Gasteiger partial charge in [-0.3, -0.25) is 9.36 Å². The van der Waals surface area contributed by atoms with E-state index in [1.165, 1.54) is 5.57 Å². The van der Waals surface area contributed by atoms with Gasteiger partial charge in [0, 0.05) is 42.2 Å². The number of aromatic nitrogens is 2. The molecule has 1 saturated heterocycles. The number of carbonyl (C=O) groups excluding carboxylic acids is 1. The molecule has 3 aliphatic carbocycles. The van der Waals surface area contributed by atoms with Crippen molar-refractivity contribution in [3.8, 4) is 0 Å². The molecule has 1 aliphatic heterocycles. The van der Waals surface area contributed by atoms with E-state index in [0.29, 0.717) is 36.9 Å². The smallest absolute Gasteiger partial charge is 0.326 e. The number of imidazole rings is 1. The number of hydrogen-bond donors (Lipinski definition) is 3. The van der Waals surface area contributed by atoms with Crippen molar-refractivity contribution >= 4 is 16.8 Å². The fourth-order valence-electron chi connectivity index (χ4n) is 9.08. The summed E-state index contributed by atoms with van der Waals surface area (Å²) in [6.07, 6.45) is 8.64. The molecule has 3 N–H and O–H groups in total. The number of aliphatic hydroxyl groups excluding tert-OH is 1. The average Bonchev–Trinajstić information content (AvgIpc) is 3.55. The van der Waals surface area contributed by atoms with Crippen molar-refractivity contribution in [1.29, 1.82) is 0 Å². The van der Waals surface area contributed by atoms with Crippen molar-refractivity contribution in [3.63, 3.8) is 0 Å². The Balaban J connectivity index is 1.19. The quantitative estimate of drug-likeness (QED) is 0.161. The molecule has 3 aromatic carbocycles. The molecule has 0 amide bonds. The molecule has 4 aliphatic rings. The minimum absolute atomic E-state index is 0.00263. The van der Waals surface area contributed by atoms with E-state index in [4.69, 9.17) is 0 Å². The van der Waals surface area contributed by atoms with E-state index in [0.717, 1.165) is 73.8 Å². The average molecular weight is 648 g/mol. The first kappa shape index (κ1) is 32.8. The molecule has 8 rings (SSSR count). The number of likely N-dealkylation sites (tertiary alicyclic amines) is 1. The first-order valence-corrected chi connectivity index (χ1v) is 17.9. The van der Waals surface area contributed by atoms with Crippen LogP contribution in [0.4, 0.5) is 0 Å². The van der Waals surface area contributed by atoms with Crippen LogP contribution < -0.4 is 5.69 Å². The molecule has 1 aromatic heterocycles. The Morgan fingerprint density at radius 3 is 2.50 bits per heavy atom. The number of H-pyrrole nitrogens is 1. The number of fused-ring (bicyclic) bond motifs is 9.